The minimum absolute atomic E-state index is 0. The Morgan fingerprint density at radius 2 is 1.23 bits per heavy atom. The van der Waals surface area contributed by atoms with Gasteiger partial charge < -0.3 is 10.4 Å². The molecule has 0 aromatic rings. The summed E-state index contributed by atoms with van der Waals surface area (Å²) in [5.41, 5.74) is 0.278. The van der Waals surface area contributed by atoms with Gasteiger partial charge in [-0.1, -0.05) is 66.7 Å². The summed E-state index contributed by atoms with van der Waals surface area (Å²) >= 11 is 0. The minimum atomic E-state index is 0. The van der Waals surface area contributed by atoms with Gasteiger partial charge in [0.05, 0.1) is 0 Å². The fraction of sp³-hybridized carbons (Fsp3) is 0.700. The second kappa shape index (κ2) is 12.5. The minimum Gasteiger partial charge on any atom is -0.412 e. The van der Waals surface area contributed by atoms with Gasteiger partial charge in [0.15, 0.2) is 0 Å². The molecule has 2 N–H and O–H groups in total. The molecule has 0 amide bonds. The van der Waals surface area contributed by atoms with Crippen LogP contribution in [0.4, 0.5) is 0 Å². The van der Waals surface area contributed by atoms with Gasteiger partial charge in [-0.25, -0.2) is 0 Å². The van der Waals surface area contributed by atoms with Crippen LogP contribution in [0.5, 0.6) is 0 Å². The fourth-order valence-corrected chi connectivity index (χ4v) is 2.95. The maximum Gasteiger partial charge on any atom is 0.00472 e. The Bertz CT molecular complexity index is 316. The van der Waals surface area contributed by atoms with Crippen molar-refractivity contribution in [2.45, 2.75) is 74.1 Å². The van der Waals surface area contributed by atoms with Crippen molar-refractivity contribution in [3.05, 3.63) is 36.8 Å². The molecular formula is C20H39NO. The third kappa shape index (κ3) is 11.6. The number of rotatable bonds is 10. The van der Waals surface area contributed by atoms with Crippen molar-refractivity contribution in [1.82, 2.24) is 4.90 Å². The third-order valence-electron chi connectivity index (χ3n) is 3.42. The van der Waals surface area contributed by atoms with Crippen LogP contribution in [0.3, 0.4) is 0 Å². The highest BCUT2D eigenvalue weighted by Crippen LogP contribution is 2.34. The lowest BCUT2D eigenvalue weighted by molar-refractivity contribution is 0.271. The molecule has 0 radical (unpaired) electrons. The van der Waals surface area contributed by atoms with Crippen LogP contribution in [-0.4, -0.2) is 10.4 Å². The molecule has 0 saturated heterocycles. The van der Waals surface area contributed by atoms with E-state index in [1.165, 1.54) is 12.8 Å². The smallest absolute Gasteiger partial charge is 0.00472 e. The molecule has 0 heterocycles. The molecule has 0 atom stereocenters. The number of hydrogen-bond acceptors (Lipinski definition) is 1. The standard InChI is InChI=1S/C20H37N.H2O/c1-8-10-13-21(14-11-9-2)15-12-20(7,16-18(3)4)17-19(5)6;/h10-15,18-19H,8-9,16-17H2,1-7H3;1H2. The molecule has 130 valence electrons. The third-order valence-corrected chi connectivity index (χ3v) is 3.42. The molecule has 0 aliphatic carbocycles. The molecule has 2 heteroatoms. The first kappa shape index (κ1) is 23.2. The first-order chi connectivity index (χ1) is 9.83. The van der Waals surface area contributed by atoms with Gasteiger partial charge in [0.2, 0.25) is 0 Å². The van der Waals surface area contributed by atoms with Gasteiger partial charge in [0.25, 0.3) is 0 Å². The summed E-state index contributed by atoms with van der Waals surface area (Å²) in [6, 6.07) is 0. The molecular weight excluding hydrogens is 270 g/mol. The van der Waals surface area contributed by atoms with Crippen molar-refractivity contribution in [1.29, 1.82) is 0 Å². The number of hydrogen-bond donors (Lipinski definition) is 0. The molecule has 0 unspecified atom stereocenters. The van der Waals surface area contributed by atoms with Crippen molar-refractivity contribution in [3.8, 4) is 0 Å². The lowest BCUT2D eigenvalue weighted by Gasteiger charge is -2.30. The van der Waals surface area contributed by atoms with Crippen LogP contribution in [0, 0.1) is 17.3 Å². The first-order valence-electron chi connectivity index (χ1n) is 8.63. The van der Waals surface area contributed by atoms with Crippen molar-refractivity contribution in [3.63, 3.8) is 0 Å². The second-order valence-corrected chi connectivity index (χ2v) is 7.20. The van der Waals surface area contributed by atoms with E-state index in [1.807, 2.05) is 0 Å². The van der Waals surface area contributed by atoms with Gasteiger partial charge in [-0.15, -0.1) is 0 Å². The summed E-state index contributed by atoms with van der Waals surface area (Å²) < 4.78 is 0. The lowest BCUT2D eigenvalue weighted by atomic mass is 9.76. The summed E-state index contributed by atoms with van der Waals surface area (Å²) in [4.78, 5) is 2.19. The van der Waals surface area contributed by atoms with Crippen molar-refractivity contribution in [2.75, 3.05) is 0 Å². The zero-order chi connectivity index (χ0) is 16.3. The van der Waals surface area contributed by atoms with Crippen LogP contribution in [-0.2, 0) is 0 Å². The van der Waals surface area contributed by atoms with Crippen LogP contribution in [0.15, 0.2) is 36.8 Å². The average molecular weight is 310 g/mol. The predicted octanol–water partition coefficient (Wildman–Crippen LogP) is 5.92. The van der Waals surface area contributed by atoms with E-state index in [1.54, 1.807) is 0 Å². The van der Waals surface area contributed by atoms with E-state index in [0.29, 0.717) is 0 Å². The largest absolute Gasteiger partial charge is 0.412 e. The summed E-state index contributed by atoms with van der Waals surface area (Å²) in [5, 5.41) is 0. The van der Waals surface area contributed by atoms with E-state index in [2.05, 4.69) is 90.2 Å². The maximum atomic E-state index is 2.41. The van der Waals surface area contributed by atoms with Crippen molar-refractivity contribution < 1.29 is 5.48 Å². The first-order valence-corrected chi connectivity index (χ1v) is 8.63. The molecule has 0 aliphatic rings. The van der Waals surface area contributed by atoms with Gasteiger partial charge in [-0.3, -0.25) is 0 Å². The zero-order valence-electron chi connectivity index (χ0n) is 15.9. The number of nitrogens with zero attached hydrogens (tertiary/aromatic N) is 1. The Morgan fingerprint density at radius 1 is 0.818 bits per heavy atom. The Labute approximate surface area is 139 Å². The quantitative estimate of drug-likeness (QED) is 0.493. The SMILES string of the molecule is CCC=CN(C=CCC)C=CC(C)(CC(C)C)CC(C)C.O. The summed E-state index contributed by atoms with van der Waals surface area (Å²) in [6.45, 7) is 16.0. The van der Waals surface area contributed by atoms with Crippen LogP contribution in [0.2, 0.25) is 0 Å². The summed E-state index contributed by atoms with van der Waals surface area (Å²) in [5.74, 6) is 1.45. The Morgan fingerprint density at radius 3 is 1.55 bits per heavy atom. The van der Waals surface area contributed by atoms with Crippen LogP contribution >= 0.6 is 0 Å². The van der Waals surface area contributed by atoms with Crippen molar-refractivity contribution >= 4 is 0 Å². The topological polar surface area (TPSA) is 34.7 Å². The zero-order valence-corrected chi connectivity index (χ0v) is 15.9. The molecule has 0 aliphatic heterocycles. The van der Waals surface area contributed by atoms with Gasteiger partial charge in [0, 0.05) is 18.6 Å². The molecule has 22 heavy (non-hydrogen) atoms. The highest BCUT2D eigenvalue weighted by Gasteiger charge is 2.23. The van der Waals surface area contributed by atoms with E-state index in [4.69, 9.17) is 0 Å². The van der Waals surface area contributed by atoms with Gasteiger partial charge in [-0.05, 0) is 42.9 Å². The molecule has 0 fully saturated rings. The van der Waals surface area contributed by atoms with Gasteiger partial charge in [0.1, 0.15) is 0 Å². The molecule has 0 spiro atoms. The highest BCUT2D eigenvalue weighted by molar-refractivity contribution is 5.04. The maximum absolute atomic E-state index is 2.41. The van der Waals surface area contributed by atoms with E-state index in [0.717, 1.165) is 24.7 Å². The van der Waals surface area contributed by atoms with Crippen LogP contribution in [0.25, 0.3) is 0 Å². The highest BCUT2D eigenvalue weighted by atomic mass is 16.0. The Balaban J connectivity index is 0. The van der Waals surface area contributed by atoms with E-state index < -0.39 is 0 Å². The summed E-state index contributed by atoms with van der Waals surface area (Å²) in [7, 11) is 0. The molecule has 0 aromatic heterocycles. The monoisotopic (exact) mass is 309 g/mol. The Kier molecular flexibility index (Phi) is 13.2. The van der Waals surface area contributed by atoms with Crippen LogP contribution in [0.1, 0.15) is 74.1 Å². The van der Waals surface area contributed by atoms with Gasteiger partial charge in [-0.2, -0.15) is 0 Å². The van der Waals surface area contributed by atoms with Crippen LogP contribution < -0.4 is 0 Å². The molecule has 2 nitrogen and oxygen atoms in total. The fourth-order valence-electron chi connectivity index (χ4n) is 2.95. The van der Waals surface area contributed by atoms with Crippen molar-refractivity contribution in [2.24, 2.45) is 17.3 Å². The molecule has 0 aromatic carbocycles. The molecule has 0 saturated carbocycles. The second-order valence-electron chi connectivity index (χ2n) is 7.20. The Hall–Kier alpha value is -1.02. The normalized spacial score (nSPS) is 13.0. The van der Waals surface area contributed by atoms with E-state index >= 15 is 0 Å². The summed E-state index contributed by atoms with van der Waals surface area (Å²) in [6.07, 6.45) is 18.0. The molecule has 0 bridgehead atoms. The number of allylic oxidation sites excluding steroid dienone is 3. The average Bonchev–Trinajstić information content (AvgIpc) is 2.35. The van der Waals surface area contributed by atoms with E-state index in [-0.39, 0.29) is 10.9 Å². The lowest BCUT2D eigenvalue weighted by Crippen LogP contribution is -2.19. The predicted molar refractivity (Wildman–Crippen MR) is 100 cm³/mol. The van der Waals surface area contributed by atoms with E-state index in [9.17, 15) is 0 Å². The molecule has 0 rings (SSSR count). The van der Waals surface area contributed by atoms with Gasteiger partial charge >= 0.3 is 0 Å².